The molecule has 0 fully saturated rings. The summed E-state index contributed by atoms with van der Waals surface area (Å²) in [5.41, 5.74) is 3.41. The number of H-pyrrole nitrogens is 1. The number of nitrogens with zero attached hydrogens (tertiary/aromatic N) is 1. The highest BCUT2D eigenvalue weighted by atomic mass is 16.1. The zero-order valence-corrected chi connectivity index (χ0v) is 14.2. The fraction of sp³-hybridized carbons (Fsp3) is 0.250. The van der Waals surface area contributed by atoms with Gasteiger partial charge in [-0.25, -0.2) is 0 Å². The van der Waals surface area contributed by atoms with Crippen molar-refractivity contribution in [1.29, 1.82) is 0 Å². The molecule has 0 aliphatic heterocycles. The molecule has 0 aliphatic carbocycles. The summed E-state index contributed by atoms with van der Waals surface area (Å²) in [6.45, 7) is 2.56. The summed E-state index contributed by atoms with van der Waals surface area (Å²) in [5.74, 6) is -0.0559. The number of hydrogen-bond donors (Lipinski definition) is 2. The Morgan fingerprint density at radius 3 is 2.84 bits per heavy atom. The van der Waals surface area contributed by atoms with Crippen molar-refractivity contribution in [2.75, 3.05) is 6.54 Å². The van der Waals surface area contributed by atoms with Gasteiger partial charge >= 0.3 is 0 Å². The van der Waals surface area contributed by atoms with Crippen LogP contribution in [0, 0.1) is 6.92 Å². The van der Waals surface area contributed by atoms with Crippen LogP contribution in [0.5, 0.6) is 0 Å². The molecule has 3 aromatic rings. The van der Waals surface area contributed by atoms with Gasteiger partial charge in [0.15, 0.2) is 0 Å². The molecule has 0 bridgehead atoms. The molecule has 0 saturated heterocycles. The highest BCUT2D eigenvalue weighted by Gasteiger charge is 2.07. The molecule has 0 radical (unpaired) electrons. The van der Waals surface area contributed by atoms with E-state index in [0.717, 1.165) is 22.2 Å². The maximum absolute atomic E-state index is 12.1. The van der Waals surface area contributed by atoms with Crippen LogP contribution in [0.3, 0.4) is 0 Å². The van der Waals surface area contributed by atoms with Crippen LogP contribution in [0.15, 0.2) is 53.5 Å². The molecule has 0 atom stereocenters. The third kappa shape index (κ3) is 4.53. The Morgan fingerprint density at radius 1 is 1.16 bits per heavy atom. The minimum Gasteiger partial charge on any atom is -0.356 e. The molecule has 5 heteroatoms. The first-order valence-corrected chi connectivity index (χ1v) is 8.41. The van der Waals surface area contributed by atoms with Crippen LogP contribution in [0.25, 0.3) is 10.9 Å². The quantitative estimate of drug-likeness (QED) is 0.727. The summed E-state index contributed by atoms with van der Waals surface area (Å²) < 4.78 is 0. The van der Waals surface area contributed by atoms with Crippen LogP contribution >= 0.6 is 0 Å². The van der Waals surface area contributed by atoms with E-state index in [1.807, 2.05) is 49.4 Å². The average Bonchev–Trinajstić information content (AvgIpc) is 2.61. The number of nitrogens with one attached hydrogen (secondary N) is 2. The molecule has 0 spiro atoms. The van der Waals surface area contributed by atoms with Crippen molar-refractivity contribution in [2.45, 2.75) is 26.2 Å². The third-order valence-corrected chi connectivity index (χ3v) is 4.13. The fourth-order valence-electron chi connectivity index (χ4n) is 2.77. The van der Waals surface area contributed by atoms with Crippen LogP contribution in [0.4, 0.5) is 0 Å². The number of aromatic nitrogens is 2. The predicted molar refractivity (Wildman–Crippen MR) is 98.6 cm³/mol. The molecular weight excluding hydrogens is 314 g/mol. The number of pyridine rings is 2. The van der Waals surface area contributed by atoms with Gasteiger partial charge in [0.05, 0.1) is 0 Å². The van der Waals surface area contributed by atoms with E-state index in [1.54, 1.807) is 6.20 Å². The van der Waals surface area contributed by atoms with E-state index in [0.29, 0.717) is 31.4 Å². The number of rotatable bonds is 6. The van der Waals surface area contributed by atoms with Crippen molar-refractivity contribution < 1.29 is 4.79 Å². The summed E-state index contributed by atoms with van der Waals surface area (Å²) in [6.07, 6.45) is 3.16. The lowest BCUT2D eigenvalue weighted by atomic mass is 10.1. The lowest BCUT2D eigenvalue weighted by Crippen LogP contribution is -2.26. The Morgan fingerprint density at radius 2 is 2.04 bits per heavy atom. The van der Waals surface area contributed by atoms with E-state index in [9.17, 15) is 9.59 Å². The van der Waals surface area contributed by atoms with E-state index >= 15 is 0 Å². The maximum Gasteiger partial charge on any atom is 0.251 e. The standard InChI is InChI=1S/C20H21N3O2/c1-14-5-7-18-16(12-14)13-15(20(25)23-18)6-8-19(24)22-11-9-17-4-2-3-10-21-17/h2-5,7,10,12-13H,6,8-9,11H2,1H3,(H,22,24)(H,23,25). The van der Waals surface area contributed by atoms with Gasteiger partial charge in [-0.1, -0.05) is 17.7 Å². The first-order valence-electron chi connectivity index (χ1n) is 8.41. The molecule has 0 saturated carbocycles. The summed E-state index contributed by atoms with van der Waals surface area (Å²) in [5, 5.41) is 3.87. The average molecular weight is 335 g/mol. The number of fused-ring (bicyclic) bond motifs is 1. The van der Waals surface area contributed by atoms with Crippen LogP contribution in [0.2, 0.25) is 0 Å². The normalized spacial score (nSPS) is 10.8. The van der Waals surface area contributed by atoms with E-state index in [-0.39, 0.29) is 11.5 Å². The number of carbonyl (C=O) groups is 1. The van der Waals surface area contributed by atoms with E-state index in [2.05, 4.69) is 15.3 Å². The SMILES string of the molecule is Cc1ccc2[nH]c(=O)c(CCC(=O)NCCc3ccccn3)cc2c1. The van der Waals surface area contributed by atoms with E-state index in [1.165, 1.54) is 0 Å². The van der Waals surface area contributed by atoms with Crippen molar-refractivity contribution >= 4 is 16.8 Å². The largest absolute Gasteiger partial charge is 0.356 e. The molecule has 5 nitrogen and oxygen atoms in total. The number of hydrogen-bond acceptors (Lipinski definition) is 3. The lowest BCUT2D eigenvalue weighted by molar-refractivity contribution is -0.121. The van der Waals surface area contributed by atoms with E-state index < -0.39 is 0 Å². The minimum absolute atomic E-state index is 0.0559. The summed E-state index contributed by atoms with van der Waals surface area (Å²) >= 11 is 0. The number of aryl methyl sites for hydroxylation is 2. The molecule has 3 rings (SSSR count). The molecule has 128 valence electrons. The van der Waals surface area contributed by atoms with Crippen LogP contribution in [-0.4, -0.2) is 22.4 Å². The monoisotopic (exact) mass is 335 g/mol. The summed E-state index contributed by atoms with van der Waals surface area (Å²) in [7, 11) is 0. The Balaban J connectivity index is 1.55. The van der Waals surface area contributed by atoms with Gasteiger partial charge in [-0.15, -0.1) is 0 Å². The van der Waals surface area contributed by atoms with Crippen molar-refractivity contribution in [3.8, 4) is 0 Å². The van der Waals surface area contributed by atoms with Gasteiger partial charge < -0.3 is 10.3 Å². The number of amides is 1. The molecule has 2 heterocycles. The highest BCUT2D eigenvalue weighted by molar-refractivity contribution is 5.80. The molecule has 1 aromatic carbocycles. The second kappa shape index (κ2) is 7.75. The zero-order valence-electron chi connectivity index (χ0n) is 14.2. The van der Waals surface area contributed by atoms with Gasteiger partial charge in [0.2, 0.25) is 5.91 Å². The van der Waals surface area contributed by atoms with Gasteiger partial charge in [0.1, 0.15) is 0 Å². The van der Waals surface area contributed by atoms with Crippen LogP contribution in [0.1, 0.15) is 23.2 Å². The Labute approximate surface area is 146 Å². The predicted octanol–water partition coefficient (Wildman–Crippen LogP) is 2.52. The molecule has 2 aromatic heterocycles. The van der Waals surface area contributed by atoms with E-state index in [4.69, 9.17) is 0 Å². The maximum atomic E-state index is 12.1. The zero-order chi connectivity index (χ0) is 17.6. The van der Waals surface area contributed by atoms with Gasteiger partial charge in [-0.2, -0.15) is 0 Å². The molecule has 0 unspecified atom stereocenters. The lowest BCUT2D eigenvalue weighted by Gasteiger charge is -2.06. The van der Waals surface area contributed by atoms with Gasteiger partial charge in [-0.05, 0) is 49.1 Å². The number of benzene rings is 1. The van der Waals surface area contributed by atoms with Crippen molar-refractivity contribution in [3.05, 3.63) is 75.8 Å². The Hall–Kier alpha value is -2.95. The van der Waals surface area contributed by atoms with Gasteiger partial charge in [-0.3, -0.25) is 14.6 Å². The second-order valence-corrected chi connectivity index (χ2v) is 6.14. The van der Waals surface area contributed by atoms with Gasteiger partial charge in [0.25, 0.3) is 5.56 Å². The third-order valence-electron chi connectivity index (χ3n) is 4.13. The molecule has 0 aliphatic rings. The molecule has 25 heavy (non-hydrogen) atoms. The first-order chi connectivity index (χ1) is 12.1. The smallest absolute Gasteiger partial charge is 0.251 e. The summed E-state index contributed by atoms with van der Waals surface area (Å²) in [6, 6.07) is 13.5. The Bertz CT molecular complexity index is 933. The topological polar surface area (TPSA) is 74.8 Å². The van der Waals surface area contributed by atoms with Crippen LogP contribution < -0.4 is 10.9 Å². The fourth-order valence-corrected chi connectivity index (χ4v) is 2.77. The second-order valence-electron chi connectivity index (χ2n) is 6.14. The first kappa shape index (κ1) is 16.9. The highest BCUT2D eigenvalue weighted by Crippen LogP contribution is 2.13. The van der Waals surface area contributed by atoms with Crippen LogP contribution in [-0.2, 0) is 17.6 Å². The molecule has 1 amide bonds. The number of aromatic amines is 1. The van der Waals surface area contributed by atoms with Crippen molar-refractivity contribution in [1.82, 2.24) is 15.3 Å². The Kier molecular flexibility index (Phi) is 5.23. The van der Waals surface area contributed by atoms with Gasteiger partial charge in [0, 0.05) is 42.4 Å². The molecular formula is C20H21N3O2. The summed E-state index contributed by atoms with van der Waals surface area (Å²) in [4.78, 5) is 31.2. The minimum atomic E-state index is -0.127. The van der Waals surface area contributed by atoms with Crippen molar-refractivity contribution in [3.63, 3.8) is 0 Å². The molecule has 2 N–H and O–H groups in total. The van der Waals surface area contributed by atoms with Crippen molar-refractivity contribution in [2.24, 2.45) is 0 Å². The number of carbonyl (C=O) groups excluding carboxylic acids is 1.